The molecule has 0 saturated heterocycles. The highest BCUT2D eigenvalue weighted by Crippen LogP contribution is 2.26. The molecule has 0 aliphatic carbocycles. The SMILES string of the molecule is CCOC(=O)c1cc(N)ccc1Nc1nc(C)cs1. The van der Waals surface area contributed by atoms with Crippen LogP contribution in [-0.2, 0) is 4.74 Å². The minimum absolute atomic E-state index is 0.323. The molecule has 19 heavy (non-hydrogen) atoms. The van der Waals surface area contributed by atoms with Crippen molar-refractivity contribution < 1.29 is 9.53 Å². The summed E-state index contributed by atoms with van der Waals surface area (Å²) in [6.07, 6.45) is 0. The second-order valence-electron chi connectivity index (χ2n) is 3.94. The molecule has 0 aliphatic heterocycles. The minimum atomic E-state index is -0.398. The van der Waals surface area contributed by atoms with E-state index in [2.05, 4.69) is 10.3 Å². The average Bonchev–Trinajstić information content (AvgIpc) is 2.77. The quantitative estimate of drug-likeness (QED) is 0.663. The van der Waals surface area contributed by atoms with Gasteiger partial charge in [-0.1, -0.05) is 0 Å². The van der Waals surface area contributed by atoms with Crippen molar-refractivity contribution in [3.8, 4) is 0 Å². The summed E-state index contributed by atoms with van der Waals surface area (Å²) in [6.45, 7) is 4.00. The molecule has 1 heterocycles. The molecule has 1 aromatic heterocycles. The van der Waals surface area contributed by atoms with Gasteiger partial charge in [-0.15, -0.1) is 11.3 Å². The van der Waals surface area contributed by atoms with Gasteiger partial charge in [-0.3, -0.25) is 0 Å². The molecule has 0 aliphatic rings. The van der Waals surface area contributed by atoms with Gasteiger partial charge in [-0.25, -0.2) is 9.78 Å². The molecule has 0 unspecified atom stereocenters. The van der Waals surface area contributed by atoms with Crippen LogP contribution in [0, 0.1) is 6.92 Å². The van der Waals surface area contributed by atoms with E-state index >= 15 is 0 Å². The summed E-state index contributed by atoms with van der Waals surface area (Å²) in [5.74, 6) is -0.398. The number of nitrogens with one attached hydrogen (secondary N) is 1. The lowest BCUT2D eigenvalue weighted by atomic mass is 10.1. The molecule has 0 fully saturated rings. The van der Waals surface area contributed by atoms with Crippen LogP contribution < -0.4 is 11.1 Å². The molecule has 2 aromatic rings. The lowest BCUT2D eigenvalue weighted by Gasteiger charge is -2.10. The van der Waals surface area contributed by atoms with Gasteiger partial charge in [-0.05, 0) is 32.0 Å². The molecule has 1 aromatic carbocycles. The fourth-order valence-corrected chi connectivity index (χ4v) is 2.28. The number of nitrogens with two attached hydrogens (primary N) is 1. The number of carbonyl (C=O) groups excluding carboxylic acids is 1. The van der Waals surface area contributed by atoms with Crippen LogP contribution in [0.1, 0.15) is 23.0 Å². The van der Waals surface area contributed by atoms with Gasteiger partial charge in [0.2, 0.25) is 0 Å². The number of nitrogens with zero attached hydrogens (tertiary/aromatic N) is 1. The summed E-state index contributed by atoms with van der Waals surface area (Å²) in [4.78, 5) is 16.2. The lowest BCUT2D eigenvalue weighted by molar-refractivity contribution is 0.0527. The molecule has 3 N–H and O–H groups in total. The highest BCUT2D eigenvalue weighted by atomic mass is 32.1. The Morgan fingerprint density at radius 1 is 1.53 bits per heavy atom. The van der Waals surface area contributed by atoms with Crippen molar-refractivity contribution in [3.05, 3.63) is 34.8 Å². The standard InChI is InChI=1S/C13H15N3O2S/c1-3-18-12(17)10-6-9(14)4-5-11(10)16-13-15-8(2)7-19-13/h4-7H,3,14H2,1-2H3,(H,15,16). The Kier molecular flexibility index (Phi) is 4.01. The van der Waals surface area contributed by atoms with Crippen LogP contribution in [0.3, 0.4) is 0 Å². The molecule has 2 rings (SSSR count). The van der Waals surface area contributed by atoms with E-state index in [1.54, 1.807) is 25.1 Å². The van der Waals surface area contributed by atoms with Gasteiger partial charge >= 0.3 is 5.97 Å². The second kappa shape index (κ2) is 5.71. The number of aromatic nitrogens is 1. The summed E-state index contributed by atoms with van der Waals surface area (Å²) < 4.78 is 5.02. The van der Waals surface area contributed by atoms with Gasteiger partial charge in [0.15, 0.2) is 5.13 Å². The lowest BCUT2D eigenvalue weighted by Crippen LogP contribution is -2.08. The summed E-state index contributed by atoms with van der Waals surface area (Å²) >= 11 is 1.48. The number of hydrogen-bond acceptors (Lipinski definition) is 6. The fourth-order valence-electron chi connectivity index (χ4n) is 1.58. The van der Waals surface area contributed by atoms with Crippen molar-refractivity contribution >= 4 is 33.8 Å². The maximum atomic E-state index is 11.9. The average molecular weight is 277 g/mol. The van der Waals surface area contributed by atoms with Crippen molar-refractivity contribution in [1.29, 1.82) is 0 Å². The maximum absolute atomic E-state index is 11.9. The van der Waals surface area contributed by atoms with Crippen molar-refractivity contribution in [1.82, 2.24) is 4.98 Å². The summed E-state index contributed by atoms with van der Waals surface area (Å²) in [7, 11) is 0. The molecule has 0 radical (unpaired) electrons. The zero-order chi connectivity index (χ0) is 13.8. The van der Waals surface area contributed by atoms with E-state index in [4.69, 9.17) is 10.5 Å². The first-order valence-corrected chi connectivity index (χ1v) is 6.74. The molecule has 100 valence electrons. The van der Waals surface area contributed by atoms with E-state index in [9.17, 15) is 4.79 Å². The maximum Gasteiger partial charge on any atom is 0.340 e. The first kappa shape index (κ1) is 13.4. The Balaban J connectivity index is 2.31. The first-order valence-electron chi connectivity index (χ1n) is 5.86. The molecule has 0 bridgehead atoms. The van der Waals surface area contributed by atoms with E-state index in [0.29, 0.717) is 23.5 Å². The van der Waals surface area contributed by atoms with Crippen LogP contribution in [0.15, 0.2) is 23.6 Å². The molecule has 6 heteroatoms. The number of rotatable bonds is 4. The van der Waals surface area contributed by atoms with Crippen LogP contribution in [0.4, 0.5) is 16.5 Å². The van der Waals surface area contributed by atoms with Gasteiger partial charge in [0.1, 0.15) is 0 Å². The van der Waals surface area contributed by atoms with E-state index in [-0.39, 0.29) is 0 Å². The number of ether oxygens (including phenoxy) is 1. The number of hydrogen-bond donors (Lipinski definition) is 2. The van der Waals surface area contributed by atoms with Crippen LogP contribution in [0.25, 0.3) is 0 Å². The highest BCUT2D eigenvalue weighted by molar-refractivity contribution is 7.13. The van der Waals surface area contributed by atoms with Crippen LogP contribution in [0.5, 0.6) is 0 Å². The largest absolute Gasteiger partial charge is 0.462 e. The van der Waals surface area contributed by atoms with Crippen LogP contribution in [-0.4, -0.2) is 17.6 Å². The van der Waals surface area contributed by atoms with E-state index in [0.717, 1.165) is 10.8 Å². The Morgan fingerprint density at radius 3 is 2.95 bits per heavy atom. The monoisotopic (exact) mass is 277 g/mol. The van der Waals surface area contributed by atoms with E-state index in [1.165, 1.54) is 11.3 Å². The minimum Gasteiger partial charge on any atom is -0.462 e. The summed E-state index contributed by atoms with van der Waals surface area (Å²) in [5, 5.41) is 5.77. The first-order chi connectivity index (χ1) is 9.10. The molecular formula is C13H15N3O2S. The molecule has 0 saturated carbocycles. The third kappa shape index (κ3) is 3.23. The number of esters is 1. The van der Waals surface area contributed by atoms with Crippen molar-refractivity contribution in [2.45, 2.75) is 13.8 Å². The van der Waals surface area contributed by atoms with Crippen molar-refractivity contribution in [3.63, 3.8) is 0 Å². The zero-order valence-corrected chi connectivity index (χ0v) is 11.6. The third-order valence-electron chi connectivity index (χ3n) is 2.40. The van der Waals surface area contributed by atoms with Crippen LogP contribution in [0.2, 0.25) is 0 Å². The normalized spacial score (nSPS) is 10.2. The predicted octanol–water partition coefficient (Wildman–Crippen LogP) is 2.95. The van der Waals surface area contributed by atoms with Gasteiger partial charge in [0.05, 0.1) is 23.6 Å². The smallest absolute Gasteiger partial charge is 0.340 e. The molecule has 5 nitrogen and oxygen atoms in total. The van der Waals surface area contributed by atoms with Gasteiger partial charge < -0.3 is 15.8 Å². The molecule has 0 atom stereocenters. The van der Waals surface area contributed by atoms with Gasteiger partial charge in [0.25, 0.3) is 0 Å². The summed E-state index contributed by atoms with van der Waals surface area (Å²) in [5.41, 5.74) is 8.21. The van der Waals surface area contributed by atoms with Crippen molar-refractivity contribution in [2.75, 3.05) is 17.7 Å². The third-order valence-corrected chi connectivity index (χ3v) is 3.28. The van der Waals surface area contributed by atoms with Gasteiger partial charge in [-0.2, -0.15) is 0 Å². The predicted molar refractivity (Wildman–Crippen MR) is 76.9 cm³/mol. The van der Waals surface area contributed by atoms with Crippen LogP contribution >= 0.6 is 11.3 Å². The fraction of sp³-hybridized carbons (Fsp3) is 0.231. The number of carbonyl (C=O) groups is 1. The second-order valence-corrected chi connectivity index (χ2v) is 4.80. The number of nitrogen functional groups attached to an aromatic ring is 1. The number of aryl methyl sites for hydroxylation is 1. The zero-order valence-electron chi connectivity index (χ0n) is 10.8. The molecular weight excluding hydrogens is 262 g/mol. The Bertz CT molecular complexity index is 595. The van der Waals surface area contributed by atoms with Gasteiger partial charge in [0, 0.05) is 11.1 Å². The Hall–Kier alpha value is -2.08. The molecule has 0 spiro atoms. The number of benzene rings is 1. The Labute approximate surface area is 115 Å². The summed E-state index contributed by atoms with van der Waals surface area (Å²) in [6, 6.07) is 5.07. The topological polar surface area (TPSA) is 77.2 Å². The van der Waals surface area contributed by atoms with E-state index < -0.39 is 5.97 Å². The van der Waals surface area contributed by atoms with E-state index in [1.807, 2.05) is 12.3 Å². The number of anilines is 3. The Morgan fingerprint density at radius 2 is 2.32 bits per heavy atom. The number of thiazole rings is 1. The molecule has 0 amide bonds. The van der Waals surface area contributed by atoms with Crippen molar-refractivity contribution in [2.24, 2.45) is 0 Å². The highest BCUT2D eigenvalue weighted by Gasteiger charge is 2.14.